The summed E-state index contributed by atoms with van der Waals surface area (Å²) in [6, 6.07) is 4.86. The maximum Gasteiger partial charge on any atom is 0.416 e. The second-order valence-corrected chi connectivity index (χ2v) is 6.41. The van der Waals surface area contributed by atoms with Gasteiger partial charge in [0.05, 0.1) is 11.6 Å². The fraction of sp³-hybridized carbons (Fsp3) is 0.444. The minimum atomic E-state index is -4.38. The molecule has 2 N–H and O–H groups in total. The van der Waals surface area contributed by atoms with E-state index < -0.39 is 11.7 Å². The van der Waals surface area contributed by atoms with Crippen LogP contribution in [0.3, 0.4) is 0 Å². The first-order valence-corrected chi connectivity index (χ1v) is 8.72. The summed E-state index contributed by atoms with van der Waals surface area (Å²) in [6.07, 6.45) is -2.44. The van der Waals surface area contributed by atoms with Crippen LogP contribution in [0.2, 0.25) is 0 Å². The Morgan fingerprint density at radius 2 is 2.00 bits per heavy atom. The molecule has 3 rings (SSSR count). The molecular formula is C18H21F3N4O2. The lowest BCUT2D eigenvalue weighted by Crippen LogP contribution is -2.49. The van der Waals surface area contributed by atoms with Gasteiger partial charge < -0.3 is 20.0 Å². The van der Waals surface area contributed by atoms with Crippen LogP contribution in [0, 0.1) is 0 Å². The number of hydrogen-bond acceptors (Lipinski definition) is 5. The van der Waals surface area contributed by atoms with Crippen molar-refractivity contribution in [2.24, 2.45) is 5.73 Å². The Kier molecular flexibility index (Phi) is 5.41. The highest BCUT2D eigenvalue weighted by atomic mass is 19.4. The van der Waals surface area contributed by atoms with Gasteiger partial charge in [0.25, 0.3) is 5.91 Å². The number of amides is 1. The predicted molar refractivity (Wildman–Crippen MR) is 93.3 cm³/mol. The fourth-order valence-electron chi connectivity index (χ4n) is 2.94. The molecule has 1 unspecified atom stereocenters. The van der Waals surface area contributed by atoms with E-state index in [-0.39, 0.29) is 17.6 Å². The highest BCUT2D eigenvalue weighted by Gasteiger charge is 2.31. The summed E-state index contributed by atoms with van der Waals surface area (Å²) in [5, 5.41) is 0. The number of nitrogens with two attached hydrogens (primary N) is 1. The number of oxazole rings is 1. The summed E-state index contributed by atoms with van der Waals surface area (Å²) in [6.45, 7) is 3.54. The number of carbonyl (C=O) groups is 1. The standard InChI is InChI=1S/C18H21F3N4O2/c1-2-14(22)16-23-15(11-27-16)17(26)25-8-6-24(7-9-25)13-5-3-4-12(10-13)18(19,20)21/h3-5,10-11,14H,2,6-9,22H2,1H3. The minimum absolute atomic E-state index is 0.196. The van der Waals surface area contributed by atoms with Gasteiger partial charge in [-0.15, -0.1) is 0 Å². The Morgan fingerprint density at radius 1 is 1.30 bits per heavy atom. The van der Waals surface area contributed by atoms with Gasteiger partial charge in [0.1, 0.15) is 6.26 Å². The Bertz CT molecular complexity index is 798. The molecule has 0 aliphatic carbocycles. The van der Waals surface area contributed by atoms with Crippen molar-refractivity contribution in [2.45, 2.75) is 25.6 Å². The number of alkyl halides is 3. The first-order valence-electron chi connectivity index (χ1n) is 8.72. The Hall–Kier alpha value is -2.55. The average molecular weight is 382 g/mol. The summed E-state index contributed by atoms with van der Waals surface area (Å²) in [4.78, 5) is 20.1. The molecule has 0 radical (unpaired) electrons. The van der Waals surface area contributed by atoms with E-state index in [2.05, 4.69) is 4.98 Å². The van der Waals surface area contributed by atoms with Gasteiger partial charge in [0, 0.05) is 31.9 Å². The molecule has 1 aliphatic heterocycles. The van der Waals surface area contributed by atoms with E-state index in [4.69, 9.17) is 10.2 Å². The summed E-state index contributed by atoms with van der Waals surface area (Å²) >= 11 is 0. The van der Waals surface area contributed by atoms with Crippen LogP contribution in [0.1, 0.15) is 41.3 Å². The summed E-state index contributed by atoms with van der Waals surface area (Å²) in [5.41, 5.74) is 5.85. The number of nitrogens with zero attached hydrogens (tertiary/aromatic N) is 3. The first-order chi connectivity index (χ1) is 12.8. The van der Waals surface area contributed by atoms with Crippen LogP contribution >= 0.6 is 0 Å². The molecule has 0 saturated carbocycles. The minimum Gasteiger partial charge on any atom is -0.446 e. The Labute approximate surface area is 154 Å². The third-order valence-corrected chi connectivity index (χ3v) is 4.60. The van der Waals surface area contributed by atoms with Gasteiger partial charge in [-0.3, -0.25) is 4.79 Å². The van der Waals surface area contributed by atoms with Gasteiger partial charge in [-0.2, -0.15) is 13.2 Å². The number of rotatable bonds is 4. The van der Waals surface area contributed by atoms with E-state index in [1.807, 2.05) is 11.8 Å². The second kappa shape index (κ2) is 7.59. The van der Waals surface area contributed by atoms with E-state index in [9.17, 15) is 18.0 Å². The first kappa shape index (κ1) is 19.2. The van der Waals surface area contributed by atoms with Crippen molar-refractivity contribution >= 4 is 11.6 Å². The molecule has 1 saturated heterocycles. The number of hydrogen-bond donors (Lipinski definition) is 1. The van der Waals surface area contributed by atoms with Gasteiger partial charge in [-0.1, -0.05) is 13.0 Å². The molecule has 1 aromatic heterocycles. The van der Waals surface area contributed by atoms with Crippen LogP contribution in [0.5, 0.6) is 0 Å². The van der Waals surface area contributed by atoms with Crippen molar-refractivity contribution < 1.29 is 22.4 Å². The van der Waals surface area contributed by atoms with E-state index in [0.29, 0.717) is 44.2 Å². The van der Waals surface area contributed by atoms with Crippen LogP contribution in [-0.2, 0) is 6.18 Å². The molecule has 27 heavy (non-hydrogen) atoms. The van der Waals surface area contributed by atoms with Crippen molar-refractivity contribution in [1.29, 1.82) is 0 Å². The maximum absolute atomic E-state index is 12.9. The molecule has 0 bridgehead atoms. The van der Waals surface area contributed by atoms with Gasteiger partial charge in [-0.25, -0.2) is 4.98 Å². The summed E-state index contributed by atoms with van der Waals surface area (Å²) < 4.78 is 43.9. The van der Waals surface area contributed by atoms with Crippen LogP contribution in [0.15, 0.2) is 34.9 Å². The quantitative estimate of drug-likeness (QED) is 0.880. The lowest BCUT2D eigenvalue weighted by atomic mass is 10.1. The molecule has 1 fully saturated rings. The zero-order valence-corrected chi connectivity index (χ0v) is 14.9. The predicted octanol–water partition coefficient (Wildman–Crippen LogP) is 3.07. The third-order valence-electron chi connectivity index (χ3n) is 4.60. The van der Waals surface area contributed by atoms with E-state index in [0.717, 1.165) is 12.1 Å². The van der Waals surface area contributed by atoms with Gasteiger partial charge in [0.15, 0.2) is 5.69 Å². The highest BCUT2D eigenvalue weighted by molar-refractivity contribution is 5.92. The van der Waals surface area contributed by atoms with Crippen LogP contribution in [-0.4, -0.2) is 42.0 Å². The van der Waals surface area contributed by atoms with Gasteiger partial charge >= 0.3 is 6.18 Å². The van der Waals surface area contributed by atoms with Crippen molar-refractivity contribution in [3.05, 3.63) is 47.7 Å². The molecule has 1 atom stereocenters. The normalized spacial score (nSPS) is 16.5. The number of halogens is 3. The zero-order valence-electron chi connectivity index (χ0n) is 14.9. The summed E-state index contributed by atoms with van der Waals surface area (Å²) in [7, 11) is 0. The maximum atomic E-state index is 12.9. The largest absolute Gasteiger partial charge is 0.446 e. The highest BCUT2D eigenvalue weighted by Crippen LogP contribution is 2.32. The van der Waals surface area contributed by atoms with Gasteiger partial charge in [-0.05, 0) is 24.6 Å². The summed E-state index contributed by atoms with van der Waals surface area (Å²) in [5.74, 6) is 0.0560. The molecule has 146 valence electrons. The molecule has 1 aliphatic rings. The fourth-order valence-corrected chi connectivity index (χ4v) is 2.94. The number of anilines is 1. The lowest BCUT2D eigenvalue weighted by molar-refractivity contribution is -0.137. The molecule has 0 spiro atoms. The number of aromatic nitrogens is 1. The van der Waals surface area contributed by atoms with E-state index in [1.54, 1.807) is 11.0 Å². The van der Waals surface area contributed by atoms with Crippen molar-refractivity contribution in [1.82, 2.24) is 9.88 Å². The SMILES string of the molecule is CCC(N)c1nc(C(=O)N2CCN(c3cccc(C(F)(F)F)c3)CC2)co1. The average Bonchev–Trinajstić information content (AvgIpc) is 3.16. The smallest absolute Gasteiger partial charge is 0.416 e. The van der Waals surface area contributed by atoms with Gasteiger partial charge in [0.2, 0.25) is 5.89 Å². The molecule has 9 heteroatoms. The molecule has 2 heterocycles. The zero-order chi connectivity index (χ0) is 19.6. The van der Waals surface area contributed by atoms with Crippen LogP contribution in [0.4, 0.5) is 18.9 Å². The number of piperazine rings is 1. The molecule has 1 aromatic carbocycles. The Morgan fingerprint density at radius 3 is 2.63 bits per heavy atom. The monoisotopic (exact) mass is 382 g/mol. The van der Waals surface area contributed by atoms with Crippen LogP contribution in [0.25, 0.3) is 0 Å². The lowest BCUT2D eigenvalue weighted by Gasteiger charge is -2.36. The third kappa shape index (κ3) is 4.24. The molecule has 2 aromatic rings. The van der Waals surface area contributed by atoms with Crippen LogP contribution < -0.4 is 10.6 Å². The molecular weight excluding hydrogens is 361 g/mol. The second-order valence-electron chi connectivity index (χ2n) is 6.41. The number of benzene rings is 1. The van der Waals surface area contributed by atoms with E-state index >= 15 is 0 Å². The Balaban J connectivity index is 1.63. The molecule has 1 amide bonds. The van der Waals surface area contributed by atoms with E-state index in [1.165, 1.54) is 12.3 Å². The molecule has 6 nitrogen and oxygen atoms in total. The topological polar surface area (TPSA) is 75.6 Å². The van der Waals surface area contributed by atoms with Crippen molar-refractivity contribution in [3.63, 3.8) is 0 Å². The number of carbonyl (C=O) groups excluding carboxylic acids is 1. The van der Waals surface area contributed by atoms with Crippen molar-refractivity contribution in [3.8, 4) is 0 Å². The van der Waals surface area contributed by atoms with Crippen molar-refractivity contribution in [2.75, 3.05) is 31.1 Å².